The molecule has 0 aliphatic carbocycles. The maximum atomic E-state index is 14.1. The third kappa shape index (κ3) is 3.40. The predicted molar refractivity (Wildman–Crippen MR) is 110 cm³/mol. The zero-order valence-corrected chi connectivity index (χ0v) is 16.1. The molecule has 0 unspecified atom stereocenters. The van der Waals surface area contributed by atoms with Gasteiger partial charge in [0.15, 0.2) is 11.6 Å². The lowest BCUT2D eigenvalue weighted by Gasteiger charge is -2.11. The van der Waals surface area contributed by atoms with E-state index in [0.29, 0.717) is 17.1 Å². The molecule has 0 spiro atoms. The van der Waals surface area contributed by atoms with Gasteiger partial charge >= 0.3 is 0 Å². The molecule has 7 heteroatoms. The van der Waals surface area contributed by atoms with E-state index in [9.17, 15) is 9.50 Å². The van der Waals surface area contributed by atoms with Crippen LogP contribution in [0.25, 0.3) is 22.2 Å². The molecule has 0 saturated carbocycles. The molecule has 0 bridgehead atoms. The van der Waals surface area contributed by atoms with E-state index in [2.05, 4.69) is 28.4 Å². The van der Waals surface area contributed by atoms with Gasteiger partial charge in [0.2, 0.25) is 0 Å². The Balaban J connectivity index is 1.73. The number of aromatic nitrogens is 3. The van der Waals surface area contributed by atoms with E-state index in [1.54, 1.807) is 18.2 Å². The van der Waals surface area contributed by atoms with Crippen LogP contribution in [0.3, 0.4) is 0 Å². The van der Waals surface area contributed by atoms with Gasteiger partial charge in [0.05, 0.1) is 12.0 Å². The summed E-state index contributed by atoms with van der Waals surface area (Å²) in [6, 6.07) is 11.9. The zero-order chi connectivity index (χ0) is 20.5. The van der Waals surface area contributed by atoms with Crippen molar-refractivity contribution in [1.82, 2.24) is 14.5 Å². The van der Waals surface area contributed by atoms with Crippen LogP contribution in [-0.4, -0.2) is 19.6 Å². The third-order valence-corrected chi connectivity index (χ3v) is 4.80. The number of nitrogens with two attached hydrogens (primary N) is 1. The summed E-state index contributed by atoms with van der Waals surface area (Å²) in [4.78, 5) is 8.53. The molecule has 0 aliphatic heterocycles. The van der Waals surface area contributed by atoms with Crippen LogP contribution in [0.4, 0.5) is 10.2 Å². The SMILES string of the molecule is CC(C)n1cc(-c2ccc(Oc3c(F)cccc3CO)cc2)c2c(N)ncnc21. The van der Waals surface area contributed by atoms with E-state index in [-0.39, 0.29) is 18.4 Å². The molecule has 0 saturated heterocycles. The highest BCUT2D eigenvalue weighted by Crippen LogP contribution is 2.36. The number of aliphatic hydroxyl groups is 1. The van der Waals surface area contributed by atoms with Crippen LogP contribution in [0, 0.1) is 5.82 Å². The molecule has 2 aromatic heterocycles. The molecular formula is C22H21FN4O2. The van der Waals surface area contributed by atoms with E-state index >= 15 is 0 Å². The largest absolute Gasteiger partial charge is 0.454 e. The minimum Gasteiger partial charge on any atom is -0.454 e. The van der Waals surface area contributed by atoms with E-state index in [1.165, 1.54) is 18.5 Å². The van der Waals surface area contributed by atoms with Gasteiger partial charge in [-0.25, -0.2) is 14.4 Å². The lowest BCUT2D eigenvalue weighted by atomic mass is 10.1. The van der Waals surface area contributed by atoms with E-state index in [1.807, 2.05) is 18.3 Å². The van der Waals surface area contributed by atoms with Gasteiger partial charge in [-0.15, -0.1) is 0 Å². The van der Waals surface area contributed by atoms with Crippen molar-refractivity contribution in [2.75, 3.05) is 5.73 Å². The van der Waals surface area contributed by atoms with Crippen molar-refractivity contribution >= 4 is 16.9 Å². The monoisotopic (exact) mass is 392 g/mol. The standard InChI is InChI=1S/C22H21FN4O2/c1-13(2)27-10-17(19-21(24)25-12-26-22(19)27)14-6-8-16(9-7-14)29-20-15(11-28)4-3-5-18(20)23/h3-10,12-13,28H,11H2,1-2H3,(H2,24,25,26). The molecule has 0 radical (unpaired) electrons. The normalized spacial score (nSPS) is 11.3. The number of aliphatic hydroxyl groups excluding tert-OH is 1. The second kappa shape index (κ2) is 7.52. The summed E-state index contributed by atoms with van der Waals surface area (Å²) >= 11 is 0. The maximum Gasteiger partial charge on any atom is 0.168 e. The Kier molecular flexibility index (Phi) is 4.90. The fraction of sp³-hybridized carbons (Fsp3) is 0.182. The fourth-order valence-corrected chi connectivity index (χ4v) is 3.33. The highest BCUT2D eigenvalue weighted by atomic mass is 19.1. The van der Waals surface area contributed by atoms with Gasteiger partial charge in [-0.3, -0.25) is 0 Å². The molecule has 29 heavy (non-hydrogen) atoms. The van der Waals surface area contributed by atoms with Gasteiger partial charge in [0.1, 0.15) is 23.5 Å². The molecule has 0 atom stereocenters. The number of fused-ring (bicyclic) bond motifs is 1. The molecule has 2 heterocycles. The highest BCUT2D eigenvalue weighted by Gasteiger charge is 2.17. The topological polar surface area (TPSA) is 86.2 Å². The van der Waals surface area contributed by atoms with Gasteiger partial charge in [-0.05, 0) is 37.6 Å². The van der Waals surface area contributed by atoms with Crippen LogP contribution >= 0.6 is 0 Å². The highest BCUT2D eigenvalue weighted by molar-refractivity contribution is 6.00. The first kappa shape index (κ1) is 18.9. The molecule has 3 N–H and O–H groups in total. The van der Waals surface area contributed by atoms with Crippen LogP contribution in [0.5, 0.6) is 11.5 Å². The van der Waals surface area contributed by atoms with E-state index in [4.69, 9.17) is 10.5 Å². The number of hydrogen-bond donors (Lipinski definition) is 2. The van der Waals surface area contributed by atoms with Crippen molar-refractivity contribution in [2.45, 2.75) is 26.5 Å². The summed E-state index contributed by atoms with van der Waals surface area (Å²) in [7, 11) is 0. The minimum atomic E-state index is -0.523. The number of rotatable bonds is 5. The molecule has 6 nitrogen and oxygen atoms in total. The summed E-state index contributed by atoms with van der Waals surface area (Å²) < 4.78 is 21.8. The zero-order valence-electron chi connectivity index (χ0n) is 16.1. The Morgan fingerprint density at radius 2 is 1.90 bits per heavy atom. The summed E-state index contributed by atoms with van der Waals surface area (Å²) in [5.74, 6) is 0.386. The first-order valence-corrected chi connectivity index (χ1v) is 9.27. The Morgan fingerprint density at radius 3 is 2.59 bits per heavy atom. The van der Waals surface area contributed by atoms with Crippen LogP contribution in [0.15, 0.2) is 55.0 Å². The van der Waals surface area contributed by atoms with Crippen molar-refractivity contribution in [1.29, 1.82) is 0 Å². The van der Waals surface area contributed by atoms with E-state index in [0.717, 1.165) is 22.2 Å². The molecule has 0 fully saturated rings. The van der Waals surface area contributed by atoms with Gasteiger partial charge in [-0.1, -0.05) is 24.3 Å². The molecule has 0 aliphatic rings. The molecular weight excluding hydrogens is 371 g/mol. The summed E-state index contributed by atoms with van der Waals surface area (Å²) in [5.41, 5.74) is 9.13. The van der Waals surface area contributed by atoms with Crippen molar-refractivity contribution in [3.8, 4) is 22.6 Å². The number of halogens is 1. The number of nitrogen functional groups attached to an aromatic ring is 1. The predicted octanol–water partition coefficient (Wildman–Crippen LogP) is 4.69. The van der Waals surface area contributed by atoms with Crippen molar-refractivity contribution in [2.24, 2.45) is 0 Å². The lowest BCUT2D eigenvalue weighted by Crippen LogP contribution is -2.00. The summed E-state index contributed by atoms with van der Waals surface area (Å²) in [5, 5.41) is 10.2. The van der Waals surface area contributed by atoms with Crippen molar-refractivity contribution in [3.05, 3.63) is 66.4 Å². The van der Waals surface area contributed by atoms with Gasteiger partial charge < -0.3 is 20.1 Å². The fourth-order valence-electron chi connectivity index (χ4n) is 3.33. The van der Waals surface area contributed by atoms with Crippen LogP contribution in [0.1, 0.15) is 25.5 Å². The first-order chi connectivity index (χ1) is 14.0. The number of nitrogens with zero attached hydrogens (tertiary/aromatic N) is 3. The molecule has 0 amide bonds. The number of benzene rings is 2. The minimum absolute atomic E-state index is 0.0248. The second-order valence-electron chi connectivity index (χ2n) is 7.01. The van der Waals surface area contributed by atoms with Crippen molar-refractivity contribution < 1.29 is 14.2 Å². The average molecular weight is 392 g/mol. The average Bonchev–Trinajstić information content (AvgIpc) is 3.11. The lowest BCUT2D eigenvalue weighted by molar-refractivity contribution is 0.274. The van der Waals surface area contributed by atoms with Gasteiger partial charge in [-0.2, -0.15) is 0 Å². The molecule has 148 valence electrons. The smallest absolute Gasteiger partial charge is 0.168 e. The van der Waals surface area contributed by atoms with E-state index < -0.39 is 5.82 Å². The molecule has 4 rings (SSSR count). The molecule has 2 aromatic carbocycles. The second-order valence-corrected chi connectivity index (χ2v) is 7.01. The van der Waals surface area contributed by atoms with Crippen LogP contribution in [-0.2, 0) is 6.61 Å². The summed E-state index contributed by atoms with van der Waals surface area (Å²) in [6.07, 6.45) is 3.47. The van der Waals surface area contributed by atoms with Crippen LogP contribution < -0.4 is 10.5 Å². The number of para-hydroxylation sites is 1. The Bertz CT molecular complexity index is 1170. The Morgan fingerprint density at radius 1 is 1.14 bits per heavy atom. The van der Waals surface area contributed by atoms with Crippen LogP contribution in [0.2, 0.25) is 0 Å². The molecule has 4 aromatic rings. The number of anilines is 1. The quantitative estimate of drug-likeness (QED) is 0.515. The summed E-state index contributed by atoms with van der Waals surface area (Å²) in [6.45, 7) is 3.84. The van der Waals surface area contributed by atoms with Gasteiger partial charge in [0, 0.05) is 23.4 Å². The van der Waals surface area contributed by atoms with Crippen molar-refractivity contribution in [3.63, 3.8) is 0 Å². The Hall–Kier alpha value is -3.45. The maximum absolute atomic E-state index is 14.1. The number of hydrogen-bond acceptors (Lipinski definition) is 5. The number of ether oxygens (including phenoxy) is 1. The van der Waals surface area contributed by atoms with Gasteiger partial charge in [0.25, 0.3) is 0 Å². The Labute approximate surface area is 167 Å². The first-order valence-electron chi connectivity index (χ1n) is 9.27. The third-order valence-electron chi connectivity index (χ3n) is 4.80.